The summed E-state index contributed by atoms with van der Waals surface area (Å²) in [7, 11) is 0. The first-order valence-corrected chi connectivity index (χ1v) is 16.2. The molecule has 0 aliphatic carbocycles. The van der Waals surface area contributed by atoms with Gasteiger partial charge in [-0.25, -0.2) is 9.59 Å². The second-order valence-corrected chi connectivity index (χ2v) is 14.5. The van der Waals surface area contributed by atoms with Crippen LogP contribution in [0.1, 0.15) is 127 Å². The lowest BCUT2D eigenvalue weighted by atomic mass is 9.77. The third-order valence-electron chi connectivity index (χ3n) is 6.54. The zero-order chi connectivity index (χ0) is 33.2. The first-order valence-electron chi connectivity index (χ1n) is 16.2. The van der Waals surface area contributed by atoms with Crippen LogP contribution in [0.5, 0.6) is 0 Å². The highest BCUT2D eigenvalue weighted by Crippen LogP contribution is 2.29. The van der Waals surface area contributed by atoms with E-state index in [9.17, 15) is 14.4 Å². The summed E-state index contributed by atoms with van der Waals surface area (Å²) in [6.07, 6.45) is 7.26. The van der Waals surface area contributed by atoms with Gasteiger partial charge in [-0.05, 0) is 120 Å². The fourth-order valence-corrected chi connectivity index (χ4v) is 4.48. The van der Waals surface area contributed by atoms with Gasteiger partial charge in [0.1, 0.15) is 22.3 Å². The summed E-state index contributed by atoms with van der Waals surface area (Å²) in [5.74, 6) is -0.533. The van der Waals surface area contributed by atoms with Crippen molar-refractivity contribution in [3.63, 3.8) is 0 Å². The van der Waals surface area contributed by atoms with Crippen LogP contribution in [-0.2, 0) is 19.0 Å². The van der Waals surface area contributed by atoms with Gasteiger partial charge in [0.25, 0.3) is 0 Å². The van der Waals surface area contributed by atoms with E-state index in [1.165, 1.54) is 0 Å². The van der Waals surface area contributed by atoms with E-state index in [0.29, 0.717) is 45.4 Å². The summed E-state index contributed by atoms with van der Waals surface area (Å²) in [4.78, 5) is 37.5. The van der Waals surface area contributed by atoms with E-state index < -0.39 is 40.5 Å². The third-order valence-corrected chi connectivity index (χ3v) is 6.54. The van der Waals surface area contributed by atoms with Gasteiger partial charge >= 0.3 is 18.2 Å². The molecule has 0 saturated heterocycles. The van der Waals surface area contributed by atoms with Crippen LogP contribution in [0.2, 0.25) is 0 Å². The summed E-state index contributed by atoms with van der Waals surface area (Å²) >= 11 is 0. The van der Waals surface area contributed by atoms with E-state index in [1.54, 1.807) is 0 Å². The van der Waals surface area contributed by atoms with Crippen molar-refractivity contribution in [2.24, 2.45) is 17.4 Å². The van der Waals surface area contributed by atoms with Gasteiger partial charge in [-0.1, -0.05) is 19.3 Å². The van der Waals surface area contributed by atoms with Gasteiger partial charge < -0.3 is 41.6 Å². The smallest absolute Gasteiger partial charge is 0.407 e. The molecule has 0 saturated carbocycles. The number of amides is 2. The lowest BCUT2D eigenvalue weighted by molar-refractivity contribution is -0.164. The molecule has 7 N–H and O–H groups in total. The molecule has 11 heteroatoms. The van der Waals surface area contributed by atoms with Crippen LogP contribution in [0.4, 0.5) is 9.59 Å². The second-order valence-electron chi connectivity index (χ2n) is 14.5. The molecule has 0 aliphatic rings. The van der Waals surface area contributed by atoms with Crippen molar-refractivity contribution in [1.82, 2.24) is 16.0 Å². The predicted octanol–water partition coefficient (Wildman–Crippen LogP) is 5.14. The number of rotatable bonds is 20. The largest absolute Gasteiger partial charge is 0.459 e. The minimum atomic E-state index is -1.18. The summed E-state index contributed by atoms with van der Waals surface area (Å²) < 4.78 is 16.4. The Labute approximate surface area is 261 Å². The second kappa shape index (κ2) is 20.0. The summed E-state index contributed by atoms with van der Waals surface area (Å²) in [5.41, 5.74) is 9.73. The maximum absolute atomic E-state index is 13.6. The molecule has 0 spiro atoms. The normalized spacial score (nSPS) is 14.4. The van der Waals surface area contributed by atoms with Crippen LogP contribution < -0.4 is 27.4 Å². The van der Waals surface area contributed by atoms with Crippen molar-refractivity contribution >= 4 is 18.2 Å². The van der Waals surface area contributed by atoms with Crippen molar-refractivity contribution in [1.29, 1.82) is 0 Å². The molecule has 0 fully saturated rings. The van der Waals surface area contributed by atoms with Gasteiger partial charge in [-0.3, -0.25) is 4.79 Å². The van der Waals surface area contributed by atoms with Gasteiger partial charge in [-0.15, -0.1) is 0 Å². The van der Waals surface area contributed by atoms with Gasteiger partial charge in [0.2, 0.25) is 0 Å². The summed E-state index contributed by atoms with van der Waals surface area (Å²) in [6, 6.07) is 0. The highest BCUT2D eigenvalue weighted by atomic mass is 16.6. The highest BCUT2D eigenvalue weighted by molar-refractivity contribution is 5.81. The molecular weight excluding hydrogens is 550 g/mol. The number of esters is 1. The average Bonchev–Trinajstić information content (AvgIpc) is 2.83. The van der Waals surface area contributed by atoms with Crippen LogP contribution in [-0.4, -0.2) is 73.2 Å². The molecule has 43 heavy (non-hydrogen) atoms. The number of carbonyl (C=O) groups excluding carboxylic acids is 3. The number of unbranched alkanes of at least 4 members (excludes halogenated alkanes) is 5. The molecule has 11 nitrogen and oxygen atoms in total. The molecule has 2 amide bonds. The maximum Gasteiger partial charge on any atom is 0.407 e. The van der Waals surface area contributed by atoms with E-state index >= 15 is 0 Å². The zero-order valence-electron chi connectivity index (χ0n) is 28.8. The molecule has 0 heterocycles. The van der Waals surface area contributed by atoms with Crippen LogP contribution in [0.3, 0.4) is 0 Å². The van der Waals surface area contributed by atoms with Crippen molar-refractivity contribution in [2.45, 2.75) is 149 Å². The van der Waals surface area contributed by atoms with E-state index in [0.717, 1.165) is 51.5 Å². The quantitative estimate of drug-likeness (QED) is 0.0708. The number of hydrogen-bond donors (Lipinski definition) is 5. The molecule has 0 radical (unpaired) electrons. The first-order chi connectivity index (χ1) is 19.8. The minimum absolute atomic E-state index is 0.140. The van der Waals surface area contributed by atoms with Crippen molar-refractivity contribution in [3.05, 3.63) is 0 Å². The van der Waals surface area contributed by atoms with Crippen LogP contribution in [0.25, 0.3) is 0 Å². The van der Waals surface area contributed by atoms with Gasteiger partial charge in [-0.2, -0.15) is 0 Å². The predicted molar refractivity (Wildman–Crippen MR) is 173 cm³/mol. The molecule has 0 aromatic rings. The van der Waals surface area contributed by atoms with Gasteiger partial charge in [0.15, 0.2) is 0 Å². The average molecular weight is 616 g/mol. The molecule has 0 aromatic heterocycles. The zero-order valence-corrected chi connectivity index (χ0v) is 28.8. The topological polar surface area (TPSA) is 167 Å². The Balaban J connectivity index is 5.25. The van der Waals surface area contributed by atoms with E-state index in [2.05, 4.69) is 16.0 Å². The number of ether oxygens (including phenoxy) is 3. The Bertz CT molecular complexity index is 804. The summed E-state index contributed by atoms with van der Waals surface area (Å²) in [6.45, 7) is 19.4. The summed E-state index contributed by atoms with van der Waals surface area (Å²) in [5, 5.41) is 9.06. The highest BCUT2D eigenvalue weighted by Gasteiger charge is 2.44. The Kier molecular flexibility index (Phi) is 19.0. The Hall–Kier alpha value is -2.11. The Morgan fingerprint density at radius 2 is 1.09 bits per heavy atom. The van der Waals surface area contributed by atoms with Crippen LogP contribution >= 0.6 is 0 Å². The van der Waals surface area contributed by atoms with Crippen LogP contribution in [0, 0.1) is 5.92 Å². The van der Waals surface area contributed by atoms with Gasteiger partial charge in [0, 0.05) is 25.6 Å². The SMILES string of the molecule is CC(C)(C)OC(=O)NCCCCNCC(CCCCCCN)C(N)(CCCCNC(=O)OC(C)(C)C)C(=O)OC(C)(C)C. The molecule has 2 unspecified atom stereocenters. The molecule has 0 bridgehead atoms. The number of nitrogens with two attached hydrogens (primary N) is 2. The molecule has 254 valence electrons. The first kappa shape index (κ1) is 40.9. The van der Waals surface area contributed by atoms with E-state index in [1.807, 2.05) is 62.3 Å². The minimum Gasteiger partial charge on any atom is -0.459 e. The standard InChI is InChI=1S/C32H65N5O6/c1-29(2,3)41-26(38)32(34,19-13-15-22-36-27(39)42-30(4,5)6)25(18-12-10-11-14-20-33)24-35-21-16-17-23-37-28(40)43-31(7,8)9/h25,35H,10-24,33-34H2,1-9H3,(H,36,39)(H,37,40). The number of alkyl carbamates (subject to hydrolysis) is 2. The number of hydrogen-bond acceptors (Lipinski definition) is 9. The maximum atomic E-state index is 13.6. The monoisotopic (exact) mass is 615 g/mol. The fourth-order valence-electron chi connectivity index (χ4n) is 4.48. The van der Waals surface area contributed by atoms with E-state index in [4.69, 9.17) is 25.7 Å². The van der Waals surface area contributed by atoms with E-state index in [-0.39, 0.29) is 5.92 Å². The Morgan fingerprint density at radius 3 is 1.58 bits per heavy atom. The molecule has 0 rings (SSSR count). The number of nitrogens with one attached hydrogen (secondary N) is 3. The lowest BCUT2D eigenvalue weighted by Gasteiger charge is -2.38. The molecule has 0 aliphatic heterocycles. The molecule has 0 aromatic carbocycles. The van der Waals surface area contributed by atoms with Gasteiger partial charge in [0.05, 0.1) is 0 Å². The van der Waals surface area contributed by atoms with Crippen molar-refractivity contribution in [2.75, 3.05) is 32.7 Å². The van der Waals surface area contributed by atoms with Crippen molar-refractivity contribution in [3.8, 4) is 0 Å². The molecular formula is C32H65N5O6. The number of carbonyl (C=O) groups is 3. The third kappa shape index (κ3) is 22.1. The molecule has 2 atom stereocenters. The fraction of sp³-hybridized carbons (Fsp3) is 0.906. The van der Waals surface area contributed by atoms with Crippen molar-refractivity contribution < 1.29 is 28.6 Å². The van der Waals surface area contributed by atoms with Crippen LogP contribution in [0.15, 0.2) is 0 Å². The Morgan fingerprint density at radius 1 is 0.628 bits per heavy atom. The lowest BCUT2D eigenvalue weighted by Crippen LogP contribution is -2.58.